The largest absolute Gasteiger partial charge is 0.353 e. The molecule has 1 aliphatic carbocycles. The summed E-state index contributed by atoms with van der Waals surface area (Å²) in [5.74, 6) is 0.757. The van der Waals surface area contributed by atoms with E-state index in [2.05, 4.69) is 28.8 Å². The van der Waals surface area contributed by atoms with Gasteiger partial charge in [-0.3, -0.25) is 9.59 Å². The Morgan fingerprint density at radius 1 is 1.19 bits per heavy atom. The summed E-state index contributed by atoms with van der Waals surface area (Å²) >= 11 is 1.81. The summed E-state index contributed by atoms with van der Waals surface area (Å²) in [6.45, 7) is 0. The van der Waals surface area contributed by atoms with Crippen molar-refractivity contribution in [2.24, 2.45) is 0 Å². The molecule has 138 valence electrons. The molecule has 2 amide bonds. The maximum atomic E-state index is 12.2. The summed E-state index contributed by atoms with van der Waals surface area (Å²) in [5, 5.41) is 7.35. The molecule has 6 heteroatoms. The number of carbonyl (C=O) groups excluding carboxylic acids is 2. The highest BCUT2D eigenvalue weighted by molar-refractivity contribution is 7.18. The van der Waals surface area contributed by atoms with Crippen molar-refractivity contribution in [2.75, 3.05) is 0 Å². The van der Waals surface area contributed by atoms with E-state index in [1.807, 2.05) is 17.4 Å². The molecule has 5 nitrogen and oxygen atoms in total. The van der Waals surface area contributed by atoms with Gasteiger partial charge in [-0.25, -0.2) is 4.98 Å². The van der Waals surface area contributed by atoms with Gasteiger partial charge in [-0.15, -0.1) is 11.3 Å². The van der Waals surface area contributed by atoms with Gasteiger partial charge in [0.05, 0.1) is 15.2 Å². The van der Waals surface area contributed by atoms with Crippen molar-refractivity contribution in [2.45, 2.75) is 69.4 Å². The van der Waals surface area contributed by atoms with Crippen molar-refractivity contribution in [1.29, 1.82) is 0 Å². The maximum absolute atomic E-state index is 12.2. The van der Waals surface area contributed by atoms with Crippen molar-refractivity contribution in [3.05, 3.63) is 29.3 Å². The number of hydrogen-bond donors (Lipinski definition) is 2. The van der Waals surface area contributed by atoms with E-state index in [0.717, 1.165) is 44.0 Å². The molecule has 4 rings (SSSR count). The Morgan fingerprint density at radius 2 is 2.00 bits per heavy atom. The molecule has 2 aliphatic rings. The number of benzene rings is 1. The fourth-order valence-corrected chi connectivity index (χ4v) is 5.18. The molecule has 2 fully saturated rings. The zero-order chi connectivity index (χ0) is 17.9. The van der Waals surface area contributed by atoms with E-state index >= 15 is 0 Å². The fraction of sp³-hybridized carbons (Fsp3) is 0.550. The highest BCUT2D eigenvalue weighted by atomic mass is 32.1. The van der Waals surface area contributed by atoms with Crippen LogP contribution in [-0.2, 0) is 9.59 Å². The van der Waals surface area contributed by atoms with E-state index in [4.69, 9.17) is 4.98 Å². The Morgan fingerprint density at radius 3 is 2.73 bits per heavy atom. The van der Waals surface area contributed by atoms with Crippen LogP contribution >= 0.6 is 11.3 Å². The molecule has 0 radical (unpaired) electrons. The Labute approximate surface area is 157 Å². The second-order valence-corrected chi connectivity index (χ2v) is 8.54. The van der Waals surface area contributed by atoms with Crippen LogP contribution in [0.5, 0.6) is 0 Å². The molecule has 2 aromatic rings. The summed E-state index contributed by atoms with van der Waals surface area (Å²) < 4.78 is 1.26. The highest BCUT2D eigenvalue weighted by Gasteiger charge is 2.26. The molecule has 0 bridgehead atoms. The van der Waals surface area contributed by atoms with Crippen LogP contribution in [0.4, 0.5) is 0 Å². The third kappa shape index (κ3) is 4.06. The molecule has 2 N–H and O–H groups in total. The number of nitrogens with zero attached hydrogens (tertiary/aromatic N) is 1. The summed E-state index contributed by atoms with van der Waals surface area (Å²) in [4.78, 5) is 28.2. The van der Waals surface area contributed by atoms with Crippen LogP contribution in [0.2, 0.25) is 0 Å². The number of amides is 2. The van der Waals surface area contributed by atoms with E-state index in [1.54, 1.807) is 0 Å². The first-order valence-corrected chi connectivity index (χ1v) is 10.4. The monoisotopic (exact) mass is 371 g/mol. The smallest absolute Gasteiger partial charge is 0.220 e. The molecule has 1 aliphatic heterocycles. The molecule has 0 spiro atoms. The number of fused-ring (bicyclic) bond motifs is 1. The third-order valence-corrected chi connectivity index (χ3v) is 6.76. The van der Waals surface area contributed by atoms with E-state index in [9.17, 15) is 9.59 Å². The van der Waals surface area contributed by atoms with E-state index in [-0.39, 0.29) is 23.9 Å². The number of rotatable bonds is 5. The summed E-state index contributed by atoms with van der Waals surface area (Å²) in [7, 11) is 0. The summed E-state index contributed by atoms with van der Waals surface area (Å²) in [5.41, 5.74) is 1.10. The van der Waals surface area contributed by atoms with Crippen molar-refractivity contribution in [1.82, 2.24) is 15.6 Å². The Hall–Kier alpha value is -1.95. The van der Waals surface area contributed by atoms with Crippen LogP contribution in [0.15, 0.2) is 24.3 Å². The minimum atomic E-state index is 0.114. The van der Waals surface area contributed by atoms with Gasteiger partial charge in [0.1, 0.15) is 0 Å². The van der Waals surface area contributed by atoms with Crippen molar-refractivity contribution < 1.29 is 9.59 Å². The zero-order valence-corrected chi connectivity index (χ0v) is 15.7. The van der Waals surface area contributed by atoms with Crippen LogP contribution in [0.1, 0.15) is 62.3 Å². The molecule has 1 aromatic carbocycles. The second-order valence-electron chi connectivity index (χ2n) is 7.48. The van der Waals surface area contributed by atoms with E-state index < -0.39 is 0 Å². The summed E-state index contributed by atoms with van der Waals surface area (Å²) in [6, 6.07) is 8.78. The van der Waals surface area contributed by atoms with Gasteiger partial charge in [0.15, 0.2) is 0 Å². The lowest BCUT2D eigenvalue weighted by Gasteiger charge is -2.28. The molecular weight excluding hydrogens is 346 g/mol. The number of hydrogen-bond acceptors (Lipinski definition) is 4. The molecule has 1 unspecified atom stereocenters. The van der Waals surface area contributed by atoms with Gasteiger partial charge in [0, 0.05) is 30.8 Å². The van der Waals surface area contributed by atoms with Gasteiger partial charge >= 0.3 is 0 Å². The molecule has 2 heterocycles. The first-order chi connectivity index (χ1) is 12.7. The lowest BCUT2D eigenvalue weighted by atomic mass is 9.86. The first-order valence-electron chi connectivity index (χ1n) is 9.61. The van der Waals surface area contributed by atoms with Gasteiger partial charge in [-0.05, 0) is 50.7 Å². The number of para-hydroxylation sites is 1. The highest BCUT2D eigenvalue weighted by Crippen LogP contribution is 2.36. The van der Waals surface area contributed by atoms with Gasteiger partial charge < -0.3 is 10.6 Å². The lowest BCUT2D eigenvalue weighted by Crippen LogP contribution is -2.38. The van der Waals surface area contributed by atoms with Crippen LogP contribution in [0.25, 0.3) is 10.2 Å². The SMILES string of the molecule is O=C1CCC(CCC(=O)N[C@H]2CC[C@@H](c3nc4ccccc4s3)CC2)N1. The zero-order valence-electron chi connectivity index (χ0n) is 14.9. The van der Waals surface area contributed by atoms with Crippen molar-refractivity contribution >= 4 is 33.4 Å². The van der Waals surface area contributed by atoms with Crippen LogP contribution in [0, 0.1) is 0 Å². The molecule has 26 heavy (non-hydrogen) atoms. The normalized spacial score (nSPS) is 26.0. The topological polar surface area (TPSA) is 71.1 Å². The first kappa shape index (κ1) is 17.5. The maximum Gasteiger partial charge on any atom is 0.220 e. The number of nitrogens with one attached hydrogen (secondary N) is 2. The molecule has 1 aromatic heterocycles. The third-order valence-electron chi connectivity index (χ3n) is 5.56. The average molecular weight is 372 g/mol. The Balaban J connectivity index is 1.23. The molecular formula is C20H25N3O2S. The Bertz CT molecular complexity index is 762. The number of aromatic nitrogens is 1. The van der Waals surface area contributed by atoms with Gasteiger partial charge in [0.2, 0.25) is 11.8 Å². The quantitative estimate of drug-likeness (QED) is 0.845. The summed E-state index contributed by atoms with van der Waals surface area (Å²) in [6.07, 6.45) is 6.93. The standard InChI is InChI=1S/C20H25N3O2S/c24-18(11-9-15-10-12-19(25)22-15)21-14-7-5-13(6-8-14)20-23-16-3-1-2-4-17(16)26-20/h1-4,13-15H,5-12H2,(H,21,24)(H,22,25)/t13-,14+,15?. The van der Waals surface area contributed by atoms with E-state index in [1.165, 1.54) is 9.71 Å². The number of carbonyl (C=O) groups is 2. The minimum Gasteiger partial charge on any atom is -0.353 e. The van der Waals surface area contributed by atoms with Gasteiger partial charge in [0.25, 0.3) is 0 Å². The number of thiazole rings is 1. The fourth-order valence-electron chi connectivity index (χ4n) is 4.05. The minimum absolute atomic E-state index is 0.114. The predicted octanol–water partition coefficient (Wildman–Crippen LogP) is 3.50. The average Bonchev–Trinajstić information content (AvgIpc) is 3.26. The van der Waals surface area contributed by atoms with E-state index in [0.29, 0.717) is 18.8 Å². The lowest BCUT2D eigenvalue weighted by molar-refractivity contribution is -0.123. The second kappa shape index (κ2) is 7.74. The predicted molar refractivity (Wildman–Crippen MR) is 103 cm³/mol. The molecule has 1 atom stereocenters. The van der Waals surface area contributed by atoms with Crippen LogP contribution < -0.4 is 10.6 Å². The van der Waals surface area contributed by atoms with Crippen molar-refractivity contribution in [3.8, 4) is 0 Å². The van der Waals surface area contributed by atoms with Crippen LogP contribution in [-0.4, -0.2) is 28.9 Å². The molecule has 1 saturated heterocycles. The van der Waals surface area contributed by atoms with Gasteiger partial charge in [-0.2, -0.15) is 0 Å². The van der Waals surface area contributed by atoms with Gasteiger partial charge in [-0.1, -0.05) is 12.1 Å². The van der Waals surface area contributed by atoms with Crippen molar-refractivity contribution in [3.63, 3.8) is 0 Å². The van der Waals surface area contributed by atoms with Crippen LogP contribution in [0.3, 0.4) is 0 Å². The Kier molecular flexibility index (Phi) is 5.20. The molecule has 1 saturated carbocycles.